The summed E-state index contributed by atoms with van der Waals surface area (Å²) in [4.78, 5) is 24.6. The minimum absolute atomic E-state index is 0.146. The smallest absolute Gasteiger partial charge is 0.109 e. The van der Waals surface area contributed by atoms with Crippen LogP contribution in [-0.2, 0) is 119 Å². The van der Waals surface area contributed by atoms with E-state index >= 15 is 0 Å². The largest absolute Gasteiger partial charge is 0.331 e. The summed E-state index contributed by atoms with van der Waals surface area (Å²) in [6.07, 6.45) is 16.1. The van der Waals surface area contributed by atoms with Gasteiger partial charge < -0.3 is 22.8 Å². The highest BCUT2D eigenvalue weighted by Crippen LogP contribution is 2.41. The number of aromatic nitrogens is 10. The van der Waals surface area contributed by atoms with Gasteiger partial charge in [0.1, 0.15) is 29.1 Å². The second-order valence-electron chi connectivity index (χ2n) is 36.0. The van der Waals surface area contributed by atoms with E-state index in [1.807, 2.05) is 0 Å². The topological polar surface area (TPSA) is 89.1 Å². The molecule has 0 N–H and O–H groups in total. The van der Waals surface area contributed by atoms with E-state index in [2.05, 4.69) is 231 Å². The van der Waals surface area contributed by atoms with Crippen molar-refractivity contribution in [3.05, 3.63) is 86.1 Å². The van der Waals surface area contributed by atoms with Gasteiger partial charge in [0.15, 0.2) is 0 Å². The Hall–Kier alpha value is -3.95. The molecule has 0 saturated carbocycles. The molecule has 0 saturated heterocycles. The summed E-state index contributed by atoms with van der Waals surface area (Å²) in [5, 5.41) is 0. The number of fused-ring (bicyclic) bond motifs is 5. The lowest BCUT2D eigenvalue weighted by Gasteiger charge is -2.28. The zero-order valence-electron chi connectivity index (χ0n) is 59.7. The first kappa shape index (κ1) is 68.2. The van der Waals surface area contributed by atoms with Crippen molar-refractivity contribution in [1.82, 2.24) is 47.8 Å². The Morgan fingerprint density at radius 2 is 0.337 bits per heavy atom. The lowest BCUT2D eigenvalue weighted by molar-refractivity contribution is 0.449. The van der Waals surface area contributed by atoms with E-state index in [0.717, 1.165) is 64.8 Å². The van der Waals surface area contributed by atoms with Crippen LogP contribution in [0.5, 0.6) is 0 Å². The number of imidazole rings is 5. The van der Waals surface area contributed by atoms with Crippen LogP contribution >= 0.6 is 0 Å². The van der Waals surface area contributed by atoms with Crippen LogP contribution in [0.25, 0.3) is 0 Å². The summed E-state index contributed by atoms with van der Waals surface area (Å²) in [5.41, 5.74) is 15.5. The van der Waals surface area contributed by atoms with Crippen molar-refractivity contribution in [1.29, 1.82) is 0 Å². The van der Waals surface area contributed by atoms with Crippen molar-refractivity contribution in [2.45, 2.75) is 378 Å². The van der Waals surface area contributed by atoms with Gasteiger partial charge >= 0.3 is 0 Å². The molecule has 0 unspecified atom stereocenters. The highest BCUT2D eigenvalue weighted by molar-refractivity contribution is 5.35. The molecule has 0 aromatic carbocycles. The fourth-order valence-corrected chi connectivity index (χ4v) is 13.5. The maximum Gasteiger partial charge on any atom is 0.109 e. The average Bonchev–Trinajstić information content (AvgIpc) is 2.57. The Balaban J connectivity index is 0.000000167. The van der Waals surface area contributed by atoms with Crippen LogP contribution < -0.4 is 0 Å². The molecule has 468 valence electrons. The van der Waals surface area contributed by atoms with E-state index in [1.165, 1.54) is 137 Å². The third-order valence-electron chi connectivity index (χ3n) is 17.0. The number of hydrogen-bond donors (Lipinski definition) is 0. The van der Waals surface area contributed by atoms with Crippen molar-refractivity contribution in [3.63, 3.8) is 0 Å². The van der Waals surface area contributed by atoms with Crippen LogP contribution in [0.2, 0.25) is 0 Å². The maximum atomic E-state index is 4.95. The molecule has 0 spiro atoms. The van der Waals surface area contributed by atoms with E-state index in [1.54, 1.807) is 0 Å². The number of hydrogen-bond acceptors (Lipinski definition) is 5. The summed E-state index contributed by atoms with van der Waals surface area (Å²) in [7, 11) is 0. The molecule has 5 aliphatic rings. The van der Waals surface area contributed by atoms with E-state index in [4.69, 9.17) is 24.9 Å². The van der Waals surface area contributed by atoms with Crippen molar-refractivity contribution in [2.75, 3.05) is 0 Å². The minimum Gasteiger partial charge on any atom is -0.331 e. The molecule has 5 aliphatic heterocycles. The highest BCUT2D eigenvalue weighted by Gasteiger charge is 2.38. The molecular weight excluding hydrogens is 1020 g/mol. The van der Waals surface area contributed by atoms with Gasteiger partial charge in [-0.1, -0.05) is 208 Å². The van der Waals surface area contributed by atoms with E-state index in [-0.39, 0.29) is 54.1 Å². The standard InChI is InChI=1S/3C15H26N2.2C14H24N2/c3*1-14(2,3)12-13(15(4,5)6)17-10-8-7-9-11(17)16-12;2*1-13(2,3)11-12(14(4,5)6)16-9-7-8-10(16)15-11/h3*7-10H2,1-6H3;2*7-9H2,1-6H3. The normalized spacial score (nSPS) is 16.9. The molecule has 5 aromatic heterocycles. The molecule has 0 amide bonds. The average molecular weight is 1140 g/mol. The quantitative estimate of drug-likeness (QED) is 0.154. The first-order chi connectivity index (χ1) is 37.6. The zero-order valence-corrected chi connectivity index (χ0v) is 59.7. The Labute approximate surface area is 509 Å². The van der Waals surface area contributed by atoms with Crippen molar-refractivity contribution < 1.29 is 0 Å². The third kappa shape index (κ3) is 15.8. The molecule has 83 heavy (non-hydrogen) atoms. The van der Waals surface area contributed by atoms with Crippen molar-refractivity contribution in [2.24, 2.45) is 0 Å². The van der Waals surface area contributed by atoms with E-state index < -0.39 is 0 Å². The van der Waals surface area contributed by atoms with Crippen LogP contribution in [-0.4, -0.2) is 47.8 Å². The van der Waals surface area contributed by atoms with Gasteiger partial charge in [0.05, 0.1) is 28.5 Å². The monoisotopic (exact) mass is 1140 g/mol. The molecule has 5 aromatic rings. The first-order valence-electron chi connectivity index (χ1n) is 33.1. The van der Waals surface area contributed by atoms with Crippen LogP contribution in [0.3, 0.4) is 0 Å². The molecule has 10 nitrogen and oxygen atoms in total. The summed E-state index contributed by atoms with van der Waals surface area (Å²) in [6.45, 7) is 74.4. The Kier molecular flexibility index (Phi) is 19.7. The molecule has 0 bridgehead atoms. The highest BCUT2D eigenvalue weighted by atomic mass is 15.2. The van der Waals surface area contributed by atoms with Crippen LogP contribution in [0, 0.1) is 0 Å². The predicted octanol–water partition coefficient (Wildman–Crippen LogP) is 18.3. The molecule has 0 atom stereocenters. The predicted molar refractivity (Wildman–Crippen MR) is 354 cm³/mol. The summed E-state index contributed by atoms with van der Waals surface area (Å²) in [6, 6.07) is 0. The molecular formula is C73H126N10. The second-order valence-corrected chi connectivity index (χ2v) is 36.0. The number of rotatable bonds is 0. The van der Waals surface area contributed by atoms with Crippen LogP contribution in [0.4, 0.5) is 0 Å². The van der Waals surface area contributed by atoms with Gasteiger partial charge in [0.25, 0.3) is 0 Å². The van der Waals surface area contributed by atoms with E-state index in [9.17, 15) is 0 Å². The summed E-state index contributed by atoms with van der Waals surface area (Å²) in [5.74, 6) is 6.54. The molecule has 0 aliphatic carbocycles. The summed E-state index contributed by atoms with van der Waals surface area (Å²) >= 11 is 0. The molecule has 10 heteroatoms. The van der Waals surface area contributed by atoms with Gasteiger partial charge in [-0.3, -0.25) is 0 Å². The van der Waals surface area contributed by atoms with E-state index in [0.29, 0.717) is 0 Å². The Morgan fingerprint density at radius 3 is 0.482 bits per heavy atom. The Bertz CT molecular complexity index is 2710. The van der Waals surface area contributed by atoms with Gasteiger partial charge in [0.2, 0.25) is 0 Å². The fraction of sp³-hybridized carbons (Fsp3) is 0.795. The van der Waals surface area contributed by atoms with Crippen LogP contribution in [0.1, 0.15) is 345 Å². The SMILES string of the molecule is CC(C)(C)c1nc2n(c1C(C)(C)C)CCC2.CC(C)(C)c1nc2n(c1C(C)(C)C)CCC2.CC(C)(C)c1nc2n(c1C(C)(C)C)CCCC2.CC(C)(C)c1nc2n(c1C(C)(C)C)CCCC2.CC(C)(C)c1nc2n(c1C(C)(C)C)CCCC2. The Morgan fingerprint density at radius 1 is 0.193 bits per heavy atom. The fourth-order valence-electron chi connectivity index (χ4n) is 13.5. The number of nitrogens with zero attached hydrogens (tertiary/aromatic N) is 10. The van der Waals surface area contributed by atoms with Gasteiger partial charge in [-0.15, -0.1) is 0 Å². The molecule has 10 rings (SSSR count). The molecule has 0 radical (unpaired) electrons. The molecule has 10 heterocycles. The third-order valence-corrected chi connectivity index (χ3v) is 17.0. The van der Waals surface area contributed by atoms with Gasteiger partial charge in [-0.2, -0.15) is 0 Å². The lowest BCUT2D eigenvalue weighted by atomic mass is 9.82. The number of aryl methyl sites for hydroxylation is 5. The van der Waals surface area contributed by atoms with Gasteiger partial charge in [0, 0.05) is 147 Å². The lowest BCUT2D eigenvalue weighted by Crippen LogP contribution is -2.25. The zero-order chi connectivity index (χ0) is 62.8. The van der Waals surface area contributed by atoms with Crippen molar-refractivity contribution in [3.8, 4) is 0 Å². The van der Waals surface area contributed by atoms with Crippen LogP contribution in [0.15, 0.2) is 0 Å². The maximum absolute atomic E-state index is 4.95. The van der Waals surface area contributed by atoms with Gasteiger partial charge in [-0.05, 0) is 51.4 Å². The summed E-state index contributed by atoms with van der Waals surface area (Å²) < 4.78 is 12.4. The minimum atomic E-state index is 0.146. The molecule has 0 fully saturated rings. The first-order valence-corrected chi connectivity index (χ1v) is 33.1. The second kappa shape index (κ2) is 24.0. The van der Waals surface area contributed by atoms with Crippen molar-refractivity contribution >= 4 is 0 Å². The van der Waals surface area contributed by atoms with Gasteiger partial charge in [-0.25, -0.2) is 24.9 Å².